The van der Waals surface area contributed by atoms with E-state index < -0.39 is 23.6 Å². The summed E-state index contributed by atoms with van der Waals surface area (Å²) in [6.45, 7) is 7.71. The Labute approximate surface area is 174 Å². The lowest BCUT2D eigenvalue weighted by Crippen LogP contribution is -2.54. The normalized spacial score (nSPS) is 20.6. The average Bonchev–Trinajstić information content (AvgIpc) is 3.26. The molecule has 8 heteroatoms. The van der Waals surface area contributed by atoms with Gasteiger partial charge >= 0.3 is 0 Å². The highest BCUT2D eigenvalue weighted by Crippen LogP contribution is 2.29. The summed E-state index contributed by atoms with van der Waals surface area (Å²) in [4.78, 5) is 32.4. The first-order chi connectivity index (χ1) is 13.6. The predicted octanol–water partition coefficient (Wildman–Crippen LogP) is 2.39. The van der Waals surface area contributed by atoms with Gasteiger partial charge in [-0.25, -0.2) is 4.98 Å². The number of hydrogen-bond donors (Lipinski definition) is 3. The fourth-order valence-corrected chi connectivity index (χ4v) is 4.18. The molecule has 1 saturated heterocycles. The molecule has 156 valence electrons. The van der Waals surface area contributed by atoms with Crippen LogP contribution in [0.3, 0.4) is 0 Å². The topological polar surface area (TPSA) is 109 Å². The third-order valence-electron chi connectivity index (χ3n) is 5.22. The maximum absolute atomic E-state index is 12.9. The molecule has 1 aliphatic rings. The van der Waals surface area contributed by atoms with Crippen LogP contribution in [0.15, 0.2) is 29.8 Å². The molecule has 4 N–H and O–H groups in total. The highest BCUT2D eigenvalue weighted by molar-refractivity contribution is 7.13. The third kappa shape index (κ3) is 4.66. The number of β-amino-alcohol motifs (C(OH)–C–C–N with tert-alkyl or cyclic N) is 1. The summed E-state index contributed by atoms with van der Waals surface area (Å²) >= 11 is 1.57. The van der Waals surface area contributed by atoms with Crippen molar-refractivity contribution < 1.29 is 14.7 Å². The van der Waals surface area contributed by atoms with Gasteiger partial charge in [0.25, 0.3) is 0 Å². The van der Waals surface area contributed by atoms with Crippen molar-refractivity contribution >= 4 is 28.8 Å². The molecule has 2 amide bonds. The van der Waals surface area contributed by atoms with Crippen molar-refractivity contribution in [1.82, 2.24) is 9.88 Å². The number of anilines is 1. The van der Waals surface area contributed by atoms with Crippen LogP contribution in [0, 0.1) is 12.3 Å². The molecular weight excluding hydrogens is 388 g/mol. The lowest BCUT2D eigenvalue weighted by molar-refractivity contribution is -0.139. The van der Waals surface area contributed by atoms with E-state index in [-0.39, 0.29) is 24.8 Å². The molecular formula is C21H28N4O3S. The fraction of sp³-hybridized carbons (Fsp3) is 0.476. The van der Waals surface area contributed by atoms with Gasteiger partial charge in [0.15, 0.2) is 0 Å². The second-order valence-corrected chi connectivity index (χ2v) is 9.43. The maximum atomic E-state index is 12.9. The Kier molecular flexibility index (Phi) is 6.07. The molecule has 0 aliphatic carbocycles. The number of hydrogen-bond acceptors (Lipinski definition) is 6. The lowest BCUT2D eigenvalue weighted by atomic mass is 9.86. The number of nitrogens with one attached hydrogen (secondary N) is 1. The number of likely N-dealkylation sites (tertiary alicyclic amines) is 1. The fourth-order valence-electron chi connectivity index (χ4n) is 3.36. The van der Waals surface area contributed by atoms with Gasteiger partial charge < -0.3 is 21.1 Å². The number of aliphatic hydroxyl groups excluding tert-OH is 1. The average molecular weight is 417 g/mol. The minimum atomic E-state index is -0.745. The van der Waals surface area contributed by atoms with Gasteiger partial charge in [0.1, 0.15) is 6.04 Å². The first-order valence-electron chi connectivity index (χ1n) is 9.63. The monoisotopic (exact) mass is 416 g/mol. The number of rotatable bonds is 4. The summed E-state index contributed by atoms with van der Waals surface area (Å²) in [5, 5.41) is 12.9. The Morgan fingerprint density at radius 3 is 2.52 bits per heavy atom. The minimum absolute atomic E-state index is 0.115. The second kappa shape index (κ2) is 8.22. The Balaban J connectivity index is 1.72. The van der Waals surface area contributed by atoms with Crippen LogP contribution in [0.2, 0.25) is 0 Å². The summed E-state index contributed by atoms with van der Waals surface area (Å²) < 4.78 is 0. The van der Waals surface area contributed by atoms with Crippen LogP contribution in [0.5, 0.6) is 0 Å². The zero-order valence-corrected chi connectivity index (χ0v) is 18.0. The summed E-state index contributed by atoms with van der Waals surface area (Å²) in [5.74, 6) is -0.636. The summed E-state index contributed by atoms with van der Waals surface area (Å²) in [5.41, 5.74) is 10.1. The smallest absolute Gasteiger partial charge is 0.247 e. The number of amides is 2. The van der Waals surface area contributed by atoms with E-state index in [0.717, 1.165) is 16.1 Å². The van der Waals surface area contributed by atoms with Crippen molar-refractivity contribution in [2.45, 2.75) is 52.3 Å². The van der Waals surface area contributed by atoms with Gasteiger partial charge in [-0.05, 0) is 30.0 Å². The number of carbonyl (C=O) groups is 2. The van der Waals surface area contributed by atoms with E-state index in [1.807, 2.05) is 52.0 Å². The zero-order chi connectivity index (χ0) is 21.3. The van der Waals surface area contributed by atoms with Crippen LogP contribution >= 0.6 is 11.3 Å². The van der Waals surface area contributed by atoms with Crippen LogP contribution in [0.1, 0.15) is 32.9 Å². The standard InChI is InChI=1S/C21H28N4O3S/c1-12-17(29-11-23-12)13-5-7-14(8-6-13)24-19(27)16-9-15(26)10-25(16)20(28)18(22)21(2,3)4/h5-8,11,15-16,18,26H,9-10,22H2,1-4H3,(H,24,27)/t15-,16+,18-/m1/s1. The summed E-state index contributed by atoms with van der Waals surface area (Å²) in [7, 11) is 0. The van der Waals surface area contributed by atoms with E-state index in [1.54, 1.807) is 16.8 Å². The van der Waals surface area contributed by atoms with E-state index >= 15 is 0 Å². The van der Waals surface area contributed by atoms with E-state index in [0.29, 0.717) is 5.69 Å². The number of carbonyl (C=O) groups excluding carboxylic acids is 2. The number of thiazole rings is 1. The van der Waals surface area contributed by atoms with E-state index in [9.17, 15) is 14.7 Å². The van der Waals surface area contributed by atoms with Crippen molar-refractivity contribution in [2.24, 2.45) is 11.1 Å². The minimum Gasteiger partial charge on any atom is -0.391 e. The third-order valence-corrected chi connectivity index (χ3v) is 6.20. The molecule has 0 bridgehead atoms. The number of nitrogens with two attached hydrogens (primary N) is 1. The molecule has 29 heavy (non-hydrogen) atoms. The summed E-state index contributed by atoms with van der Waals surface area (Å²) in [6, 6.07) is 6.02. The van der Waals surface area contributed by atoms with Gasteiger partial charge in [0.05, 0.1) is 28.2 Å². The summed E-state index contributed by atoms with van der Waals surface area (Å²) in [6.07, 6.45) is -0.536. The number of aryl methyl sites for hydroxylation is 1. The molecule has 2 heterocycles. The van der Waals surface area contributed by atoms with Gasteiger partial charge in [-0.15, -0.1) is 11.3 Å². The Bertz CT molecular complexity index is 888. The number of nitrogens with zero attached hydrogens (tertiary/aromatic N) is 2. The van der Waals surface area contributed by atoms with E-state index in [4.69, 9.17) is 5.73 Å². The molecule has 1 fully saturated rings. The molecule has 7 nitrogen and oxygen atoms in total. The number of benzene rings is 1. The molecule has 2 aromatic rings. The van der Waals surface area contributed by atoms with E-state index in [2.05, 4.69) is 10.3 Å². The van der Waals surface area contributed by atoms with Crippen molar-refractivity contribution in [2.75, 3.05) is 11.9 Å². The molecule has 0 spiro atoms. The van der Waals surface area contributed by atoms with Gasteiger partial charge in [-0.3, -0.25) is 9.59 Å². The predicted molar refractivity (Wildman–Crippen MR) is 114 cm³/mol. The van der Waals surface area contributed by atoms with Crippen molar-refractivity contribution in [3.63, 3.8) is 0 Å². The van der Waals surface area contributed by atoms with Gasteiger partial charge in [0, 0.05) is 18.7 Å². The van der Waals surface area contributed by atoms with Gasteiger partial charge in [0.2, 0.25) is 11.8 Å². The highest BCUT2D eigenvalue weighted by atomic mass is 32.1. The first-order valence-corrected chi connectivity index (χ1v) is 10.5. The Hall–Kier alpha value is -2.29. The molecule has 1 aromatic heterocycles. The maximum Gasteiger partial charge on any atom is 0.247 e. The molecule has 3 atom stereocenters. The van der Waals surface area contributed by atoms with Crippen LogP contribution in [0.4, 0.5) is 5.69 Å². The molecule has 0 saturated carbocycles. The molecule has 1 aliphatic heterocycles. The second-order valence-electron chi connectivity index (χ2n) is 8.57. The van der Waals surface area contributed by atoms with Gasteiger partial charge in [-0.2, -0.15) is 0 Å². The van der Waals surface area contributed by atoms with Crippen LogP contribution in [-0.2, 0) is 9.59 Å². The van der Waals surface area contributed by atoms with Crippen molar-refractivity contribution in [1.29, 1.82) is 0 Å². The Morgan fingerprint density at radius 1 is 1.31 bits per heavy atom. The zero-order valence-electron chi connectivity index (χ0n) is 17.2. The SMILES string of the molecule is Cc1ncsc1-c1ccc(NC(=O)[C@@H]2C[C@@H](O)CN2C(=O)[C@@H](N)C(C)(C)C)cc1. The van der Waals surface area contributed by atoms with Gasteiger partial charge in [-0.1, -0.05) is 32.9 Å². The molecule has 1 aromatic carbocycles. The highest BCUT2D eigenvalue weighted by Gasteiger charge is 2.42. The number of aliphatic hydroxyl groups is 1. The molecule has 0 radical (unpaired) electrons. The van der Waals surface area contributed by atoms with Crippen molar-refractivity contribution in [3.8, 4) is 10.4 Å². The van der Waals surface area contributed by atoms with Crippen LogP contribution in [0.25, 0.3) is 10.4 Å². The van der Waals surface area contributed by atoms with Crippen LogP contribution in [-0.4, -0.2) is 51.5 Å². The largest absolute Gasteiger partial charge is 0.391 e. The Morgan fingerprint density at radius 2 is 1.97 bits per heavy atom. The molecule has 3 rings (SSSR count). The van der Waals surface area contributed by atoms with Crippen molar-refractivity contribution in [3.05, 3.63) is 35.5 Å². The molecule has 0 unspecified atom stereocenters. The quantitative estimate of drug-likeness (QED) is 0.709. The van der Waals surface area contributed by atoms with Crippen LogP contribution < -0.4 is 11.1 Å². The lowest BCUT2D eigenvalue weighted by Gasteiger charge is -2.32. The van der Waals surface area contributed by atoms with E-state index in [1.165, 1.54) is 4.90 Å². The number of aromatic nitrogens is 1. The first kappa shape index (κ1) is 21.4.